The first-order chi connectivity index (χ1) is 12.0. The molecule has 3 aromatic rings. The Bertz CT molecular complexity index is 902. The maximum absolute atomic E-state index is 13.6. The van der Waals surface area contributed by atoms with Crippen LogP contribution in [0.25, 0.3) is 5.69 Å². The summed E-state index contributed by atoms with van der Waals surface area (Å²) < 4.78 is 28.0. The molecule has 0 unspecified atom stereocenters. The van der Waals surface area contributed by atoms with E-state index in [9.17, 15) is 13.6 Å². The van der Waals surface area contributed by atoms with Gasteiger partial charge in [0.1, 0.15) is 18.0 Å². The fourth-order valence-corrected chi connectivity index (χ4v) is 2.92. The monoisotopic (exact) mass is 361 g/mol. The van der Waals surface area contributed by atoms with Crippen LogP contribution in [0.4, 0.5) is 14.5 Å². The number of hydrogen-bond acceptors (Lipinski definition) is 5. The molecule has 0 atom stereocenters. The van der Waals surface area contributed by atoms with Crippen LogP contribution in [0.3, 0.4) is 0 Å². The summed E-state index contributed by atoms with van der Waals surface area (Å²) in [4.78, 5) is 12.4. The smallest absolute Gasteiger partial charge is 0.234 e. The highest BCUT2D eigenvalue weighted by Crippen LogP contribution is 2.24. The Labute approximate surface area is 146 Å². The Morgan fingerprint density at radius 3 is 2.84 bits per heavy atom. The van der Waals surface area contributed by atoms with Crippen molar-refractivity contribution in [2.45, 2.75) is 11.8 Å². The standard InChI is InChI=1S/C16H13F2N5OS/c1-10-13(3-2-4-14(10)23-9-19-21-22-23)20-16(24)8-25-15-6-5-11(17)7-12(15)18/h2-7,9H,8H2,1H3,(H,20,24). The number of thioether (sulfide) groups is 1. The Morgan fingerprint density at radius 2 is 2.12 bits per heavy atom. The number of halogens is 2. The summed E-state index contributed by atoms with van der Waals surface area (Å²) in [6.45, 7) is 1.83. The number of carbonyl (C=O) groups is 1. The molecule has 1 heterocycles. The third-order valence-corrected chi connectivity index (χ3v) is 4.48. The van der Waals surface area contributed by atoms with Crippen molar-refractivity contribution in [1.82, 2.24) is 20.2 Å². The summed E-state index contributed by atoms with van der Waals surface area (Å²) >= 11 is 1.000. The second-order valence-corrected chi connectivity index (χ2v) is 6.13. The van der Waals surface area contributed by atoms with Crippen molar-refractivity contribution in [2.75, 3.05) is 11.1 Å². The third-order valence-electron chi connectivity index (χ3n) is 3.43. The normalized spacial score (nSPS) is 10.7. The second-order valence-electron chi connectivity index (χ2n) is 5.12. The van der Waals surface area contributed by atoms with Gasteiger partial charge in [0.25, 0.3) is 0 Å². The molecule has 0 aliphatic heterocycles. The van der Waals surface area contributed by atoms with Crippen LogP contribution in [-0.4, -0.2) is 31.9 Å². The molecule has 0 radical (unpaired) electrons. The lowest BCUT2D eigenvalue weighted by Crippen LogP contribution is -2.15. The highest BCUT2D eigenvalue weighted by Gasteiger charge is 2.11. The van der Waals surface area contributed by atoms with Gasteiger partial charge in [0.15, 0.2) is 0 Å². The number of carbonyl (C=O) groups excluding carboxylic acids is 1. The molecular formula is C16H13F2N5OS. The zero-order valence-electron chi connectivity index (χ0n) is 13.1. The maximum atomic E-state index is 13.6. The average Bonchev–Trinajstić information content (AvgIpc) is 3.10. The molecule has 0 saturated heterocycles. The Balaban J connectivity index is 1.68. The molecule has 0 bridgehead atoms. The predicted octanol–water partition coefficient (Wildman–Crippen LogP) is 2.98. The number of nitrogens with one attached hydrogen (secondary N) is 1. The van der Waals surface area contributed by atoms with E-state index in [1.54, 1.807) is 12.1 Å². The van der Waals surface area contributed by atoms with Crippen LogP contribution < -0.4 is 5.32 Å². The topological polar surface area (TPSA) is 72.7 Å². The number of aromatic nitrogens is 4. The van der Waals surface area contributed by atoms with Gasteiger partial charge in [-0.05, 0) is 47.2 Å². The van der Waals surface area contributed by atoms with Crippen molar-refractivity contribution >= 4 is 23.4 Å². The molecule has 25 heavy (non-hydrogen) atoms. The van der Waals surface area contributed by atoms with E-state index in [0.29, 0.717) is 5.69 Å². The molecule has 6 nitrogen and oxygen atoms in total. The van der Waals surface area contributed by atoms with E-state index in [2.05, 4.69) is 20.8 Å². The predicted molar refractivity (Wildman–Crippen MR) is 89.6 cm³/mol. The zero-order valence-corrected chi connectivity index (χ0v) is 13.9. The average molecular weight is 361 g/mol. The first kappa shape index (κ1) is 17.0. The Morgan fingerprint density at radius 1 is 1.28 bits per heavy atom. The molecule has 0 saturated carbocycles. The van der Waals surface area contributed by atoms with Crippen molar-refractivity contribution in [3.63, 3.8) is 0 Å². The quantitative estimate of drug-likeness (QED) is 0.708. The van der Waals surface area contributed by atoms with Gasteiger partial charge < -0.3 is 5.32 Å². The van der Waals surface area contributed by atoms with Crippen molar-refractivity contribution in [3.8, 4) is 5.69 Å². The molecule has 0 fully saturated rings. The van der Waals surface area contributed by atoms with Crippen molar-refractivity contribution in [3.05, 3.63) is 59.9 Å². The van der Waals surface area contributed by atoms with Gasteiger partial charge in [0.2, 0.25) is 5.91 Å². The molecule has 1 aromatic heterocycles. The van der Waals surface area contributed by atoms with Gasteiger partial charge in [0.05, 0.1) is 11.4 Å². The SMILES string of the molecule is Cc1c(NC(=O)CSc2ccc(F)cc2F)cccc1-n1cnnn1. The number of benzene rings is 2. The lowest BCUT2D eigenvalue weighted by molar-refractivity contribution is -0.113. The van der Waals surface area contributed by atoms with Gasteiger partial charge in [-0.1, -0.05) is 6.07 Å². The Hall–Kier alpha value is -2.81. The second kappa shape index (κ2) is 7.39. The van der Waals surface area contributed by atoms with Crippen molar-refractivity contribution in [2.24, 2.45) is 0 Å². The molecular weight excluding hydrogens is 348 g/mol. The molecule has 128 valence electrons. The number of amides is 1. The number of nitrogens with zero attached hydrogens (tertiary/aromatic N) is 4. The summed E-state index contributed by atoms with van der Waals surface area (Å²) in [6.07, 6.45) is 1.46. The van der Waals surface area contributed by atoms with E-state index < -0.39 is 11.6 Å². The van der Waals surface area contributed by atoms with Gasteiger partial charge in [-0.2, -0.15) is 0 Å². The van der Waals surface area contributed by atoms with Gasteiger partial charge >= 0.3 is 0 Å². The number of tetrazole rings is 1. The molecule has 1 N–H and O–H groups in total. The minimum atomic E-state index is -0.685. The first-order valence-corrected chi connectivity index (χ1v) is 8.24. The van der Waals surface area contributed by atoms with E-state index >= 15 is 0 Å². The third kappa shape index (κ3) is 4.00. The van der Waals surface area contributed by atoms with Crippen LogP contribution >= 0.6 is 11.8 Å². The van der Waals surface area contributed by atoms with Crippen LogP contribution in [0.5, 0.6) is 0 Å². The Kier molecular flexibility index (Phi) is 5.03. The van der Waals surface area contributed by atoms with Crippen LogP contribution in [0.2, 0.25) is 0 Å². The molecule has 1 amide bonds. The van der Waals surface area contributed by atoms with Crippen molar-refractivity contribution in [1.29, 1.82) is 0 Å². The molecule has 3 rings (SSSR count). The van der Waals surface area contributed by atoms with E-state index in [0.717, 1.165) is 35.1 Å². The van der Waals surface area contributed by atoms with E-state index in [4.69, 9.17) is 0 Å². The molecule has 9 heteroatoms. The highest BCUT2D eigenvalue weighted by atomic mass is 32.2. The number of anilines is 1. The number of hydrogen-bond donors (Lipinski definition) is 1. The zero-order chi connectivity index (χ0) is 17.8. The van der Waals surface area contributed by atoms with Gasteiger partial charge in [-0.25, -0.2) is 13.5 Å². The summed E-state index contributed by atoms with van der Waals surface area (Å²) in [6, 6.07) is 8.61. The molecule has 0 aliphatic carbocycles. The van der Waals surface area contributed by atoms with Crippen molar-refractivity contribution < 1.29 is 13.6 Å². The first-order valence-electron chi connectivity index (χ1n) is 7.25. The minimum absolute atomic E-state index is 0.00288. The van der Waals surface area contributed by atoms with Gasteiger partial charge in [0, 0.05) is 16.6 Å². The van der Waals surface area contributed by atoms with Gasteiger partial charge in [-0.15, -0.1) is 16.9 Å². The largest absolute Gasteiger partial charge is 0.325 e. The lowest BCUT2D eigenvalue weighted by Gasteiger charge is -2.12. The summed E-state index contributed by atoms with van der Waals surface area (Å²) in [5.74, 6) is -1.64. The van der Waals surface area contributed by atoms with Crippen LogP contribution in [0, 0.1) is 18.6 Å². The summed E-state index contributed by atoms with van der Waals surface area (Å²) in [7, 11) is 0. The molecule has 0 aliphatic rings. The molecule has 0 spiro atoms. The fraction of sp³-hybridized carbons (Fsp3) is 0.125. The van der Waals surface area contributed by atoms with Crippen LogP contribution in [0.1, 0.15) is 5.56 Å². The highest BCUT2D eigenvalue weighted by molar-refractivity contribution is 8.00. The van der Waals surface area contributed by atoms with E-state index in [-0.39, 0.29) is 16.6 Å². The lowest BCUT2D eigenvalue weighted by atomic mass is 10.1. The van der Waals surface area contributed by atoms with Crippen LogP contribution in [-0.2, 0) is 4.79 Å². The summed E-state index contributed by atoms with van der Waals surface area (Å²) in [5, 5.41) is 13.8. The van der Waals surface area contributed by atoms with Gasteiger partial charge in [-0.3, -0.25) is 4.79 Å². The molecule has 2 aromatic carbocycles. The van der Waals surface area contributed by atoms with E-state index in [1.165, 1.54) is 17.1 Å². The summed E-state index contributed by atoms with van der Waals surface area (Å²) in [5.41, 5.74) is 2.14. The fourth-order valence-electron chi connectivity index (χ4n) is 2.20. The van der Waals surface area contributed by atoms with Crippen LogP contribution in [0.15, 0.2) is 47.6 Å². The van der Waals surface area contributed by atoms with E-state index in [1.807, 2.05) is 13.0 Å². The minimum Gasteiger partial charge on any atom is -0.325 e. The number of rotatable bonds is 5. The maximum Gasteiger partial charge on any atom is 0.234 e.